The van der Waals surface area contributed by atoms with Crippen molar-refractivity contribution in [2.24, 2.45) is 0 Å². The number of anilines is 1. The van der Waals surface area contributed by atoms with Gasteiger partial charge in [-0.1, -0.05) is 18.2 Å². The average molecular weight is 249 g/mol. The fourth-order valence-corrected chi connectivity index (χ4v) is 1.96. The molecule has 0 atom stereocenters. The Morgan fingerprint density at radius 1 is 1.11 bits per heavy atom. The summed E-state index contributed by atoms with van der Waals surface area (Å²) in [6.07, 6.45) is 3.15. The number of ketones is 1. The number of nitrogens with zero attached hydrogens (tertiary/aromatic N) is 2. The van der Waals surface area contributed by atoms with Crippen LogP contribution in [0.5, 0.6) is 0 Å². The Morgan fingerprint density at radius 3 is 2.74 bits per heavy atom. The van der Waals surface area contributed by atoms with Crippen molar-refractivity contribution in [1.82, 2.24) is 9.97 Å². The van der Waals surface area contributed by atoms with Crippen LogP contribution in [-0.4, -0.2) is 15.8 Å². The fourth-order valence-electron chi connectivity index (χ4n) is 1.96. The molecule has 0 spiro atoms. The Hall–Kier alpha value is -2.75. The van der Waals surface area contributed by atoms with E-state index in [0.717, 1.165) is 10.9 Å². The van der Waals surface area contributed by atoms with Crippen molar-refractivity contribution in [2.45, 2.75) is 0 Å². The molecular weight excluding hydrogens is 238 g/mol. The van der Waals surface area contributed by atoms with Gasteiger partial charge in [-0.05, 0) is 24.3 Å². The molecule has 0 saturated carbocycles. The van der Waals surface area contributed by atoms with Crippen LogP contribution in [-0.2, 0) is 0 Å². The number of para-hydroxylation sites is 1. The topological polar surface area (TPSA) is 68.9 Å². The molecule has 0 aliphatic carbocycles. The molecule has 2 N–H and O–H groups in total. The molecule has 0 radical (unpaired) electrons. The van der Waals surface area contributed by atoms with Crippen LogP contribution in [0, 0.1) is 0 Å². The SMILES string of the molecule is Nc1cc(C(=O)c2cccnc2)nc2ccccc12. The highest BCUT2D eigenvalue weighted by molar-refractivity contribution is 6.09. The number of hydrogen-bond acceptors (Lipinski definition) is 4. The first-order chi connectivity index (χ1) is 9.25. The lowest BCUT2D eigenvalue weighted by Crippen LogP contribution is -2.06. The van der Waals surface area contributed by atoms with Crippen molar-refractivity contribution in [1.29, 1.82) is 0 Å². The van der Waals surface area contributed by atoms with Crippen molar-refractivity contribution < 1.29 is 4.79 Å². The largest absolute Gasteiger partial charge is 0.398 e. The zero-order chi connectivity index (χ0) is 13.2. The summed E-state index contributed by atoms with van der Waals surface area (Å²) in [6, 6.07) is 12.5. The van der Waals surface area contributed by atoms with Crippen molar-refractivity contribution >= 4 is 22.4 Å². The molecule has 19 heavy (non-hydrogen) atoms. The van der Waals surface area contributed by atoms with Gasteiger partial charge in [0.25, 0.3) is 0 Å². The summed E-state index contributed by atoms with van der Waals surface area (Å²) in [5.41, 5.74) is 8.08. The lowest BCUT2D eigenvalue weighted by Gasteiger charge is -2.05. The maximum atomic E-state index is 12.3. The number of carbonyl (C=O) groups is 1. The lowest BCUT2D eigenvalue weighted by molar-refractivity contribution is 0.103. The van der Waals surface area contributed by atoms with Gasteiger partial charge in [0.15, 0.2) is 0 Å². The van der Waals surface area contributed by atoms with Crippen LogP contribution < -0.4 is 5.73 Å². The number of rotatable bonds is 2. The molecule has 0 unspecified atom stereocenters. The predicted octanol–water partition coefficient (Wildman–Crippen LogP) is 2.44. The average Bonchev–Trinajstić information content (AvgIpc) is 2.47. The molecule has 4 heteroatoms. The second-order valence-corrected chi connectivity index (χ2v) is 4.18. The van der Waals surface area contributed by atoms with Gasteiger partial charge in [-0.2, -0.15) is 0 Å². The molecule has 0 amide bonds. The molecule has 4 nitrogen and oxygen atoms in total. The van der Waals surface area contributed by atoms with E-state index in [-0.39, 0.29) is 5.78 Å². The highest BCUT2D eigenvalue weighted by atomic mass is 16.1. The summed E-state index contributed by atoms with van der Waals surface area (Å²) in [5, 5.41) is 0.852. The molecule has 2 heterocycles. The van der Waals surface area contributed by atoms with Gasteiger partial charge in [0.2, 0.25) is 5.78 Å². The van der Waals surface area contributed by atoms with Crippen LogP contribution in [0.15, 0.2) is 54.9 Å². The molecular formula is C15H11N3O. The fraction of sp³-hybridized carbons (Fsp3) is 0. The van der Waals surface area contributed by atoms with Gasteiger partial charge in [-0.25, -0.2) is 4.98 Å². The Kier molecular flexibility index (Phi) is 2.68. The number of fused-ring (bicyclic) bond motifs is 1. The van der Waals surface area contributed by atoms with Crippen LogP contribution in [0.25, 0.3) is 10.9 Å². The minimum atomic E-state index is -0.175. The van der Waals surface area contributed by atoms with E-state index in [4.69, 9.17) is 5.73 Å². The number of aromatic nitrogens is 2. The van der Waals surface area contributed by atoms with Crippen molar-refractivity contribution in [3.05, 3.63) is 66.1 Å². The molecule has 2 aromatic heterocycles. The second kappa shape index (κ2) is 4.49. The predicted molar refractivity (Wildman–Crippen MR) is 73.8 cm³/mol. The van der Waals surface area contributed by atoms with Crippen LogP contribution in [0.1, 0.15) is 16.1 Å². The molecule has 1 aromatic carbocycles. The third-order valence-corrected chi connectivity index (χ3v) is 2.90. The molecule has 0 bridgehead atoms. The van der Waals surface area contributed by atoms with Crippen molar-refractivity contribution in [3.63, 3.8) is 0 Å². The van der Waals surface area contributed by atoms with E-state index in [9.17, 15) is 4.79 Å². The minimum Gasteiger partial charge on any atom is -0.398 e. The molecule has 3 rings (SSSR count). The number of hydrogen-bond donors (Lipinski definition) is 1. The second-order valence-electron chi connectivity index (χ2n) is 4.18. The minimum absolute atomic E-state index is 0.175. The quantitative estimate of drug-likeness (QED) is 0.708. The molecule has 0 aliphatic heterocycles. The Labute approximate surface area is 109 Å². The zero-order valence-corrected chi connectivity index (χ0v) is 10.1. The summed E-state index contributed by atoms with van der Waals surface area (Å²) < 4.78 is 0. The lowest BCUT2D eigenvalue weighted by atomic mass is 10.1. The molecule has 92 valence electrons. The van der Waals surface area contributed by atoms with Crippen molar-refractivity contribution in [3.8, 4) is 0 Å². The highest BCUT2D eigenvalue weighted by Crippen LogP contribution is 2.21. The van der Waals surface area contributed by atoms with Gasteiger partial charge in [-0.15, -0.1) is 0 Å². The number of nitrogens with two attached hydrogens (primary N) is 1. The third-order valence-electron chi connectivity index (χ3n) is 2.90. The van der Waals surface area contributed by atoms with Gasteiger partial charge in [0, 0.05) is 29.0 Å². The van der Waals surface area contributed by atoms with Gasteiger partial charge < -0.3 is 5.73 Å². The van der Waals surface area contributed by atoms with Crippen LogP contribution in [0.4, 0.5) is 5.69 Å². The third kappa shape index (κ3) is 2.04. The Morgan fingerprint density at radius 2 is 1.95 bits per heavy atom. The van der Waals surface area contributed by atoms with Gasteiger partial charge in [0.1, 0.15) is 5.69 Å². The summed E-state index contributed by atoms with van der Waals surface area (Å²) >= 11 is 0. The molecule has 0 aliphatic rings. The summed E-state index contributed by atoms with van der Waals surface area (Å²) in [6.45, 7) is 0. The van der Waals surface area contributed by atoms with E-state index in [1.165, 1.54) is 6.20 Å². The van der Waals surface area contributed by atoms with Crippen molar-refractivity contribution in [2.75, 3.05) is 5.73 Å². The summed E-state index contributed by atoms with van der Waals surface area (Å²) in [7, 11) is 0. The van der Waals surface area contributed by atoms with E-state index in [1.54, 1.807) is 24.4 Å². The van der Waals surface area contributed by atoms with Crippen LogP contribution >= 0.6 is 0 Å². The Bertz CT molecular complexity index is 754. The van der Waals surface area contributed by atoms with E-state index in [1.807, 2.05) is 24.3 Å². The Balaban J connectivity index is 2.14. The van der Waals surface area contributed by atoms with Gasteiger partial charge in [-0.3, -0.25) is 9.78 Å². The van der Waals surface area contributed by atoms with Crippen LogP contribution in [0.3, 0.4) is 0 Å². The maximum absolute atomic E-state index is 12.3. The molecule has 3 aromatic rings. The number of carbonyl (C=O) groups excluding carboxylic acids is 1. The first-order valence-corrected chi connectivity index (χ1v) is 5.86. The normalized spacial score (nSPS) is 10.5. The first-order valence-electron chi connectivity index (χ1n) is 5.86. The number of benzene rings is 1. The van der Waals surface area contributed by atoms with Gasteiger partial charge >= 0.3 is 0 Å². The maximum Gasteiger partial charge on any atom is 0.212 e. The number of pyridine rings is 2. The van der Waals surface area contributed by atoms with Gasteiger partial charge in [0.05, 0.1) is 5.52 Å². The monoisotopic (exact) mass is 249 g/mol. The molecule has 0 fully saturated rings. The molecule has 0 saturated heterocycles. The highest BCUT2D eigenvalue weighted by Gasteiger charge is 2.12. The van der Waals surface area contributed by atoms with E-state index >= 15 is 0 Å². The first kappa shape index (κ1) is 11.3. The van der Waals surface area contributed by atoms with E-state index in [0.29, 0.717) is 16.9 Å². The summed E-state index contributed by atoms with van der Waals surface area (Å²) in [4.78, 5) is 20.6. The standard InChI is InChI=1S/C15H11N3O/c16-12-8-14(15(19)10-4-3-7-17-9-10)18-13-6-2-1-5-11(12)13/h1-9H,(H2,16,18). The van der Waals surface area contributed by atoms with E-state index in [2.05, 4.69) is 9.97 Å². The van der Waals surface area contributed by atoms with E-state index < -0.39 is 0 Å². The van der Waals surface area contributed by atoms with Crippen LogP contribution in [0.2, 0.25) is 0 Å². The summed E-state index contributed by atoms with van der Waals surface area (Å²) in [5.74, 6) is -0.175. The number of nitrogen functional groups attached to an aromatic ring is 1. The smallest absolute Gasteiger partial charge is 0.212 e. The zero-order valence-electron chi connectivity index (χ0n) is 10.1.